The second-order valence-electron chi connectivity index (χ2n) is 5.11. The number of halogens is 2. The molecule has 0 spiro atoms. The van der Waals surface area contributed by atoms with E-state index in [0.717, 1.165) is 32.9 Å². The van der Waals surface area contributed by atoms with Crippen molar-refractivity contribution < 1.29 is 4.42 Å². The second kappa shape index (κ2) is 5.72. The Morgan fingerprint density at radius 3 is 2.52 bits per heavy atom. The molecule has 108 valence electrons. The van der Waals surface area contributed by atoms with Crippen LogP contribution < -0.4 is 5.32 Å². The van der Waals surface area contributed by atoms with Crippen molar-refractivity contribution in [3.8, 4) is 0 Å². The van der Waals surface area contributed by atoms with Crippen LogP contribution in [-0.4, -0.2) is 7.05 Å². The molecule has 0 fully saturated rings. The van der Waals surface area contributed by atoms with Crippen molar-refractivity contribution in [1.82, 2.24) is 5.32 Å². The van der Waals surface area contributed by atoms with Crippen LogP contribution in [0.2, 0.25) is 10.0 Å². The molecular weight excluding hydrogens is 305 g/mol. The van der Waals surface area contributed by atoms with Crippen LogP contribution in [0.1, 0.15) is 22.9 Å². The van der Waals surface area contributed by atoms with Gasteiger partial charge in [-0.1, -0.05) is 29.3 Å². The maximum absolute atomic E-state index is 6.16. The maximum Gasteiger partial charge on any atom is 0.134 e. The van der Waals surface area contributed by atoms with Crippen LogP contribution in [0.3, 0.4) is 0 Å². The van der Waals surface area contributed by atoms with Gasteiger partial charge in [0.15, 0.2) is 0 Å². The molecule has 3 rings (SSSR count). The van der Waals surface area contributed by atoms with Crippen molar-refractivity contribution in [3.05, 3.63) is 69.4 Å². The van der Waals surface area contributed by atoms with E-state index in [1.807, 2.05) is 50.4 Å². The Morgan fingerprint density at radius 2 is 1.81 bits per heavy atom. The van der Waals surface area contributed by atoms with E-state index in [0.29, 0.717) is 5.02 Å². The predicted octanol–water partition coefficient (Wildman–Crippen LogP) is 5.36. The largest absolute Gasteiger partial charge is 0.459 e. The van der Waals surface area contributed by atoms with Crippen molar-refractivity contribution in [2.75, 3.05) is 7.05 Å². The molecular formula is C17H15Cl2NO. The predicted molar refractivity (Wildman–Crippen MR) is 88.3 cm³/mol. The van der Waals surface area contributed by atoms with E-state index in [1.165, 1.54) is 0 Å². The molecule has 0 radical (unpaired) electrons. The van der Waals surface area contributed by atoms with Crippen LogP contribution in [0.5, 0.6) is 0 Å². The van der Waals surface area contributed by atoms with E-state index in [9.17, 15) is 0 Å². The summed E-state index contributed by atoms with van der Waals surface area (Å²) in [5.41, 5.74) is 3.03. The van der Waals surface area contributed by atoms with Gasteiger partial charge >= 0.3 is 0 Å². The summed E-state index contributed by atoms with van der Waals surface area (Å²) >= 11 is 12.2. The molecule has 1 aromatic heterocycles. The standard InChI is InChI=1S/C17H15Cl2NO/c1-10-5-12(8-14(19)6-10)17(20-2)16-9-11-7-13(18)3-4-15(11)21-16/h3-9,17,20H,1-2H3. The van der Waals surface area contributed by atoms with E-state index in [-0.39, 0.29) is 6.04 Å². The van der Waals surface area contributed by atoms with Crippen LogP contribution >= 0.6 is 23.2 Å². The number of benzene rings is 2. The van der Waals surface area contributed by atoms with Gasteiger partial charge in [-0.3, -0.25) is 0 Å². The zero-order chi connectivity index (χ0) is 15.0. The summed E-state index contributed by atoms with van der Waals surface area (Å²) < 4.78 is 5.95. The third kappa shape index (κ3) is 2.93. The monoisotopic (exact) mass is 319 g/mol. The number of furan rings is 1. The van der Waals surface area contributed by atoms with E-state index in [2.05, 4.69) is 11.4 Å². The highest BCUT2D eigenvalue weighted by atomic mass is 35.5. The first kappa shape index (κ1) is 14.5. The van der Waals surface area contributed by atoms with Crippen LogP contribution in [0.25, 0.3) is 11.0 Å². The lowest BCUT2D eigenvalue weighted by molar-refractivity contribution is 0.491. The molecule has 0 bridgehead atoms. The van der Waals surface area contributed by atoms with Gasteiger partial charge in [0.05, 0.1) is 6.04 Å². The Labute approximate surface area is 133 Å². The molecule has 0 saturated heterocycles. The fourth-order valence-corrected chi connectivity index (χ4v) is 3.06. The quantitative estimate of drug-likeness (QED) is 0.703. The first-order valence-corrected chi connectivity index (χ1v) is 7.46. The number of hydrogen-bond acceptors (Lipinski definition) is 2. The highest BCUT2D eigenvalue weighted by molar-refractivity contribution is 6.31. The Balaban J connectivity index is 2.08. The van der Waals surface area contributed by atoms with Gasteiger partial charge in [-0.25, -0.2) is 0 Å². The third-order valence-corrected chi connectivity index (χ3v) is 3.92. The third-order valence-electron chi connectivity index (χ3n) is 3.47. The summed E-state index contributed by atoms with van der Waals surface area (Å²) in [7, 11) is 1.90. The zero-order valence-corrected chi connectivity index (χ0v) is 13.3. The minimum atomic E-state index is -0.0476. The second-order valence-corrected chi connectivity index (χ2v) is 5.99. The minimum Gasteiger partial charge on any atom is -0.459 e. The number of fused-ring (bicyclic) bond motifs is 1. The van der Waals surface area contributed by atoms with Gasteiger partial charge in [-0.15, -0.1) is 0 Å². The first-order chi connectivity index (χ1) is 10.1. The average Bonchev–Trinajstić information content (AvgIpc) is 2.81. The fraction of sp³-hybridized carbons (Fsp3) is 0.176. The number of aryl methyl sites for hydroxylation is 1. The first-order valence-electron chi connectivity index (χ1n) is 6.70. The van der Waals surface area contributed by atoms with E-state index in [4.69, 9.17) is 27.6 Å². The van der Waals surface area contributed by atoms with Gasteiger partial charge in [0, 0.05) is 15.4 Å². The van der Waals surface area contributed by atoms with Crippen molar-refractivity contribution in [2.45, 2.75) is 13.0 Å². The van der Waals surface area contributed by atoms with Gasteiger partial charge in [-0.2, -0.15) is 0 Å². The topological polar surface area (TPSA) is 25.2 Å². The normalized spacial score (nSPS) is 12.8. The Bertz CT molecular complexity index is 774. The zero-order valence-electron chi connectivity index (χ0n) is 11.8. The van der Waals surface area contributed by atoms with Gasteiger partial charge in [-0.05, 0) is 61.5 Å². The molecule has 3 aromatic rings. The number of nitrogens with one attached hydrogen (secondary N) is 1. The maximum atomic E-state index is 6.16. The van der Waals surface area contributed by atoms with Crippen LogP contribution in [0.15, 0.2) is 46.9 Å². The van der Waals surface area contributed by atoms with Crippen molar-refractivity contribution >= 4 is 34.2 Å². The van der Waals surface area contributed by atoms with Gasteiger partial charge in [0.2, 0.25) is 0 Å². The lowest BCUT2D eigenvalue weighted by atomic mass is 10.0. The van der Waals surface area contributed by atoms with Gasteiger partial charge < -0.3 is 9.73 Å². The van der Waals surface area contributed by atoms with Crippen LogP contribution in [0, 0.1) is 6.92 Å². The molecule has 1 heterocycles. The molecule has 2 nitrogen and oxygen atoms in total. The van der Waals surface area contributed by atoms with E-state index >= 15 is 0 Å². The highest BCUT2D eigenvalue weighted by Gasteiger charge is 2.17. The SMILES string of the molecule is CNC(c1cc(C)cc(Cl)c1)c1cc2cc(Cl)ccc2o1. The number of hydrogen-bond donors (Lipinski definition) is 1. The summed E-state index contributed by atoms with van der Waals surface area (Å²) in [6, 6.07) is 13.6. The van der Waals surface area contributed by atoms with Crippen LogP contribution in [0.4, 0.5) is 0 Å². The molecule has 1 N–H and O–H groups in total. The van der Waals surface area contributed by atoms with E-state index in [1.54, 1.807) is 0 Å². The van der Waals surface area contributed by atoms with E-state index < -0.39 is 0 Å². The summed E-state index contributed by atoms with van der Waals surface area (Å²) in [6.45, 7) is 2.03. The van der Waals surface area contributed by atoms with Crippen molar-refractivity contribution in [3.63, 3.8) is 0 Å². The molecule has 0 aliphatic heterocycles. The summed E-state index contributed by atoms with van der Waals surface area (Å²) in [4.78, 5) is 0. The molecule has 0 aliphatic rings. The molecule has 1 unspecified atom stereocenters. The number of rotatable bonds is 3. The van der Waals surface area contributed by atoms with Gasteiger partial charge in [0.25, 0.3) is 0 Å². The molecule has 21 heavy (non-hydrogen) atoms. The fourth-order valence-electron chi connectivity index (χ4n) is 2.58. The molecule has 4 heteroatoms. The molecule has 0 aliphatic carbocycles. The molecule has 1 atom stereocenters. The molecule has 2 aromatic carbocycles. The van der Waals surface area contributed by atoms with Crippen molar-refractivity contribution in [2.24, 2.45) is 0 Å². The minimum absolute atomic E-state index is 0.0476. The molecule has 0 saturated carbocycles. The average molecular weight is 320 g/mol. The summed E-state index contributed by atoms with van der Waals surface area (Å²) in [5, 5.41) is 5.71. The molecule has 0 amide bonds. The lowest BCUT2D eigenvalue weighted by Gasteiger charge is -2.15. The Kier molecular flexibility index (Phi) is 3.94. The van der Waals surface area contributed by atoms with Gasteiger partial charge in [0.1, 0.15) is 11.3 Å². The van der Waals surface area contributed by atoms with Crippen LogP contribution in [-0.2, 0) is 0 Å². The summed E-state index contributed by atoms with van der Waals surface area (Å²) in [5.74, 6) is 0.844. The summed E-state index contributed by atoms with van der Waals surface area (Å²) in [6.07, 6.45) is 0. The Morgan fingerprint density at radius 1 is 1.00 bits per heavy atom. The van der Waals surface area contributed by atoms with Crippen molar-refractivity contribution in [1.29, 1.82) is 0 Å². The lowest BCUT2D eigenvalue weighted by Crippen LogP contribution is -2.17. The highest BCUT2D eigenvalue weighted by Crippen LogP contribution is 2.31. The Hall–Kier alpha value is -1.48. The smallest absolute Gasteiger partial charge is 0.134 e.